The maximum atomic E-state index is 11.3. The first-order chi connectivity index (χ1) is 6.20. The number of nitrogens with two attached hydrogens (primary N) is 1. The quantitative estimate of drug-likeness (QED) is 0.510. The number of amides is 2. The molecule has 74 valence electrons. The van der Waals surface area contributed by atoms with E-state index < -0.39 is 0 Å². The maximum Gasteiger partial charge on any atom is 0.237 e. The molecule has 1 atom stereocenters. The van der Waals surface area contributed by atoms with Crippen LogP contribution in [-0.2, 0) is 9.59 Å². The molecular weight excluding hydrogens is 170 g/mol. The van der Waals surface area contributed by atoms with Crippen molar-refractivity contribution in [3.8, 4) is 0 Å². The summed E-state index contributed by atoms with van der Waals surface area (Å²) in [5.74, 6) is -0.418. The van der Waals surface area contributed by atoms with Gasteiger partial charge in [-0.2, -0.15) is 0 Å². The fourth-order valence-electron chi connectivity index (χ4n) is 1.34. The van der Waals surface area contributed by atoms with Crippen LogP contribution >= 0.6 is 0 Å². The normalized spacial score (nSPS) is 21.4. The van der Waals surface area contributed by atoms with Gasteiger partial charge in [-0.05, 0) is 19.4 Å². The molecule has 5 nitrogen and oxygen atoms in total. The van der Waals surface area contributed by atoms with Gasteiger partial charge in [-0.25, -0.2) is 0 Å². The van der Waals surface area contributed by atoms with Gasteiger partial charge in [0.15, 0.2) is 0 Å². The lowest BCUT2D eigenvalue weighted by atomic mass is 10.2. The predicted molar refractivity (Wildman–Crippen MR) is 47.8 cm³/mol. The zero-order chi connectivity index (χ0) is 9.68. The Kier molecular flexibility index (Phi) is 3.70. The summed E-state index contributed by atoms with van der Waals surface area (Å²) in [7, 11) is 0. The topological polar surface area (TPSA) is 84.2 Å². The number of carbonyl (C=O) groups excluding carboxylic acids is 2. The van der Waals surface area contributed by atoms with E-state index in [1.54, 1.807) is 0 Å². The minimum Gasteiger partial charge on any atom is -0.370 e. The Morgan fingerprint density at radius 1 is 1.54 bits per heavy atom. The average Bonchev–Trinajstić information content (AvgIpc) is 2.55. The molecule has 0 saturated carbocycles. The zero-order valence-electron chi connectivity index (χ0n) is 7.51. The van der Waals surface area contributed by atoms with Crippen molar-refractivity contribution in [2.24, 2.45) is 5.73 Å². The van der Waals surface area contributed by atoms with Gasteiger partial charge in [0.25, 0.3) is 0 Å². The van der Waals surface area contributed by atoms with E-state index in [4.69, 9.17) is 5.73 Å². The number of rotatable bonds is 4. The van der Waals surface area contributed by atoms with Crippen molar-refractivity contribution in [2.45, 2.75) is 25.3 Å². The molecule has 1 rings (SSSR count). The summed E-state index contributed by atoms with van der Waals surface area (Å²) in [6.45, 7) is 1.24. The van der Waals surface area contributed by atoms with Gasteiger partial charge in [0.1, 0.15) is 0 Å². The van der Waals surface area contributed by atoms with E-state index in [1.165, 1.54) is 0 Å². The summed E-state index contributed by atoms with van der Waals surface area (Å²) < 4.78 is 0. The Bertz CT molecular complexity index is 200. The van der Waals surface area contributed by atoms with E-state index in [0.29, 0.717) is 6.54 Å². The Hall–Kier alpha value is -1.10. The van der Waals surface area contributed by atoms with E-state index in [9.17, 15) is 9.59 Å². The van der Waals surface area contributed by atoms with Gasteiger partial charge in [-0.1, -0.05) is 0 Å². The van der Waals surface area contributed by atoms with Gasteiger partial charge in [0, 0.05) is 13.0 Å². The molecule has 1 saturated heterocycles. The van der Waals surface area contributed by atoms with Gasteiger partial charge < -0.3 is 16.4 Å². The second-order valence-electron chi connectivity index (χ2n) is 3.16. The van der Waals surface area contributed by atoms with E-state index in [-0.39, 0.29) is 24.3 Å². The standard InChI is InChI=1S/C8H15N3O2/c9-7(12)3-5-11-8(13)6-2-1-4-10-6/h6,10H,1-5H2,(H2,9,12)(H,11,13)/t6-/m0/s1. The van der Waals surface area contributed by atoms with Crippen molar-refractivity contribution in [3.63, 3.8) is 0 Å². The molecule has 0 spiro atoms. The second-order valence-corrected chi connectivity index (χ2v) is 3.16. The van der Waals surface area contributed by atoms with Crippen LogP contribution < -0.4 is 16.4 Å². The molecular formula is C8H15N3O2. The molecule has 1 aliphatic heterocycles. The highest BCUT2D eigenvalue weighted by molar-refractivity contribution is 5.82. The average molecular weight is 185 g/mol. The summed E-state index contributed by atoms with van der Waals surface area (Å²) >= 11 is 0. The van der Waals surface area contributed by atoms with Crippen LogP contribution in [0.15, 0.2) is 0 Å². The number of nitrogens with one attached hydrogen (secondary N) is 2. The molecule has 1 aliphatic rings. The highest BCUT2D eigenvalue weighted by Crippen LogP contribution is 2.04. The fraction of sp³-hybridized carbons (Fsp3) is 0.750. The van der Waals surface area contributed by atoms with E-state index in [0.717, 1.165) is 19.4 Å². The molecule has 0 bridgehead atoms. The molecule has 1 fully saturated rings. The summed E-state index contributed by atoms with van der Waals surface area (Å²) in [6.07, 6.45) is 2.12. The third-order valence-corrected chi connectivity index (χ3v) is 2.05. The number of hydrogen-bond donors (Lipinski definition) is 3. The summed E-state index contributed by atoms with van der Waals surface area (Å²) in [6, 6.07) is -0.0760. The van der Waals surface area contributed by atoms with Crippen molar-refractivity contribution in [3.05, 3.63) is 0 Å². The minimum atomic E-state index is -0.389. The zero-order valence-corrected chi connectivity index (χ0v) is 7.51. The van der Waals surface area contributed by atoms with Gasteiger partial charge in [-0.15, -0.1) is 0 Å². The molecule has 0 radical (unpaired) electrons. The minimum absolute atomic E-state index is 0.0289. The highest BCUT2D eigenvalue weighted by Gasteiger charge is 2.21. The van der Waals surface area contributed by atoms with E-state index in [2.05, 4.69) is 10.6 Å². The molecule has 1 heterocycles. The molecule has 0 unspecified atom stereocenters. The van der Waals surface area contributed by atoms with Crippen LogP contribution in [0.5, 0.6) is 0 Å². The van der Waals surface area contributed by atoms with Crippen LogP contribution in [0.3, 0.4) is 0 Å². The van der Waals surface area contributed by atoms with Crippen molar-refractivity contribution in [2.75, 3.05) is 13.1 Å². The largest absolute Gasteiger partial charge is 0.370 e. The van der Waals surface area contributed by atoms with Crippen molar-refractivity contribution in [1.29, 1.82) is 0 Å². The Morgan fingerprint density at radius 2 is 2.31 bits per heavy atom. The van der Waals surface area contributed by atoms with Crippen LogP contribution in [0.25, 0.3) is 0 Å². The molecule has 0 aromatic carbocycles. The highest BCUT2D eigenvalue weighted by atomic mass is 16.2. The monoisotopic (exact) mass is 185 g/mol. The van der Waals surface area contributed by atoms with E-state index in [1.807, 2.05) is 0 Å². The van der Waals surface area contributed by atoms with E-state index >= 15 is 0 Å². The number of carbonyl (C=O) groups is 2. The second kappa shape index (κ2) is 4.81. The smallest absolute Gasteiger partial charge is 0.237 e. The lowest BCUT2D eigenvalue weighted by Crippen LogP contribution is -2.41. The van der Waals surface area contributed by atoms with Crippen molar-refractivity contribution < 1.29 is 9.59 Å². The first kappa shape index (κ1) is 9.98. The lowest BCUT2D eigenvalue weighted by molar-refractivity contribution is -0.123. The van der Waals surface area contributed by atoms with Crippen LogP contribution in [0.4, 0.5) is 0 Å². The molecule has 0 aromatic heterocycles. The molecule has 0 aromatic rings. The predicted octanol–water partition coefficient (Wildman–Crippen LogP) is -1.27. The van der Waals surface area contributed by atoms with Crippen molar-refractivity contribution >= 4 is 11.8 Å². The van der Waals surface area contributed by atoms with Crippen LogP contribution in [0, 0.1) is 0 Å². The third-order valence-electron chi connectivity index (χ3n) is 2.05. The Labute approximate surface area is 77.1 Å². The molecule has 2 amide bonds. The number of hydrogen-bond acceptors (Lipinski definition) is 3. The lowest BCUT2D eigenvalue weighted by Gasteiger charge is -2.09. The van der Waals surface area contributed by atoms with Crippen LogP contribution in [-0.4, -0.2) is 30.9 Å². The molecule has 13 heavy (non-hydrogen) atoms. The van der Waals surface area contributed by atoms with Crippen LogP contribution in [0.2, 0.25) is 0 Å². The summed E-state index contributed by atoms with van der Waals surface area (Å²) in [5.41, 5.74) is 4.93. The third kappa shape index (κ3) is 3.42. The van der Waals surface area contributed by atoms with Crippen LogP contribution in [0.1, 0.15) is 19.3 Å². The fourth-order valence-corrected chi connectivity index (χ4v) is 1.34. The molecule has 5 heteroatoms. The first-order valence-electron chi connectivity index (χ1n) is 4.49. The SMILES string of the molecule is NC(=O)CCNC(=O)[C@@H]1CCCN1. The van der Waals surface area contributed by atoms with Gasteiger partial charge in [0.2, 0.25) is 11.8 Å². The first-order valence-corrected chi connectivity index (χ1v) is 4.49. The molecule has 4 N–H and O–H groups in total. The summed E-state index contributed by atoms with van der Waals surface area (Å²) in [5, 5.41) is 5.72. The van der Waals surface area contributed by atoms with Gasteiger partial charge >= 0.3 is 0 Å². The Morgan fingerprint density at radius 3 is 2.85 bits per heavy atom. The maximum absolute atomic E-state index is 11.3. The van der Waals surface area contributed by atoms with Gasteiger partial charge in [0.05, 0.1) is 6.04 Å². The number of primary amides is 1. The Balaban J connectivity index is 2.13. The summed E-state index contributed by atoms with van der Waals surface area (Å²) in [4.78, 5) is 21.7. The van der Waals surface area contributed by atoms with Gasteiger partial charge in [-0.3, -0.25) is 9.59 Å². The van der Waals surface area contributed by atoms with Crippen molar-refractivity contribution in [1.82, 2.24) is 10.6 Å². The molecule has 0 aliphatic carbocycles.